The summed E-state index contributed by atoms with van der Waals surface area (Å²) in [7, 11) is -3.62. The zero-order valence-electron chi connectivity index (χ0n) is 17.0. The highest BCUT2D eigenvalue weighted by Gasteiger charge is 2.24. The number of fused-ring (bicyclic) bond motifs is 1. The van der Waals surface area contributed by atoms with E-state index in [-0.39, 0.29) is 10.8 Å². The van der Waals surface area contributed by atoms with Crippen LogP contribution in [0.15, 0.2) is 53.6 Å². The van der Waals surface area contributed by atoms with Gasteiger partial charge in [-0.05, 0) is 42.7 Å². The molecule has 0 unspecified atom stereocenters. The fourth-order valence-corrected chi connectivity index (χ4v) is 5.18. The zero-order chi connectivity index (χ0) is 21.0. The lowest BCUT2D eigenvalue weighted by molar-refractivity contribution is 0.0954. The van der Waals surface area contributed by atoms with Crippen molar-refractivity contribution in [3.8, 4) is 0 Å². The molecule has 0 fully saturated rings. The van der Waals surface area contributed by atoms with E-state index in [1.54, 1.807) is 32.9 Å². The van der Waals surface area contributed by atoms with Crippen LogP contribution in [-0.4, -0.2) is 43.2 Å². The monoisotopic (exact) mass is 413 g/mol. The van der Waals surface area contributed by atoms with Crippen LogP contribution in [0.2, 0.25) is 0 Å². The Morgan fingerprint density at radius 2 is 1.83 bits per heavy atom. The van der Waals surface area contributed by atoms with Crippen molar-refractivity contribution in [1.82, 2.24) is 14.6 Å². The van der Waals surface area contributed by atoms with Gasteiger partial charge in [-0.2, -0.15) is 4.31 Å². The van der Waals surface area contributed by atoms with E-state index in [2.05, 4.69) is 10.3 Å². The molecule has 0 bridgehead atoms. The summed E-state index contributed by atoms with van der Waals surface area (Å²) in [6.07, 6.45) is 2.64. The number of carbonyl (C=O) groups is 1. The second-order valence-electron chi connectivity index (χ2n) is 6.94. The number of nitrogens with zero attached hydrogens (tertiary/aromatic N) is 1. The van der Waals surface area contributed by atoms with E-state index in [1.807, 2.05) is 30.5 Å². The highest BCUT2D eigenvalue weighted by atomic mass is 32.2. The first-order valence-corrected chi connectivity index (χ1v) is 11.3. The number of hydrogen-bond donors (Lipinski definition) is 2. The molecular weight excluding hydrogens is 386 g/mol. The van der Waals surface area contributed by atoms with Crippen LogP contribution in [0, 0.1) is 6.92 Å². The fourth-order valence-electron chi connectivity index (χ4n) is 3.47. The number of amides is 1. The minimum absolute atomic E-state index is 0.186. The Bertz CT molecular complexity index is 1120. The van der Waals surface area contributed by atoms with Crippen LogP contribution in [0.25, 0.3) is 10.9 Å². The maximum atomic E-state index is 12.9. The number of aryl methyl sites for hydroxylation is 1. The van der Waals surface area contributed by atoms with Crippen LogP contribution < -0.4 is 5.32 Å². The van der Waals surface area contributed by atoms with Crippen LogP contribution in [0.1, 0.15) is 35.3 Å². The molecule has 29 heavy (non-hydrogen) atoms. The molecule has 0 spiro atoms. The second kappa shape index (κ2) is 8.80. The van der Waals surface area contributed by atoms with Crippen LogP contribution in [0.3, 0.4) is 0 Å². The molecule has 154 valence electrons. The van der Waals surface area contributed by atoms with E-state index in [9.17, 15) is 13.2 Å². The van der Waals surface area contributed by atoms with Crippen molar-refractivity contribution >= 4 is 26.8 Å². The first-order chi connectivity index (χ1) is 13.9. The van der Waals surface area contributed by atoms with E-state index in [4.69, 9.17) is 0 Å². The van der Waals surface area contributed by atoms with Gasteiger partial charge in [-0.15, -0.1) is 0 Å². The van der Waals surface area contributed by atoms with Crippen molar-refractivity contribution in [2.75, 3.05) is 19.6 Å². The SMILES string of the molecule is CCN(CC)S(=O)(=O)c1cc(C(=O)NCCc2c[nH]c3ccccc23)ccc1C. The summed E-state index contributed by atoms with van der Waals surface area (Å²) in [6, 6.07) is 12.9. The summed E-state index contributed by atoms with van der Waals surface area (Å²) in [5.41, 5.74) is 3.18. The molecule has 0 atom stereocenters. The van der Waals surface area contributed by atoms with Crippen LogP contribution in [0.4, 0.5) is 0 Å². The van der Waals surface area contributed by atoms with Gasteiger partial charge in [0.2, 0.25) is 10.0 Å². The molecule has 0 aliphatic carbocycles. The van der Waals surface area contributed by atoms with Crippen molar-refractivity contribution < 1.29 is 13.2 Å². The van der Waals surface area contributed by atoms with Crippen LogP contribution >= 0.6 is 0 Å². The predicted molar refractivity (Wildman–Crippen MR) is 116 cm³/mol. The van der Waals surface area contributed by atoms with Gasteiger partial charge in [-0.1, -0.05) is 38.1 Å². The van der Waals surface area contributed by atoms with E-state index in [1.165, 1.54) is 10.4 Å². The predicted octanol–water partition coefficient (Wildman–Crippen LogP) is 3.48. The number of sulfonamides is 1. The molecule has 0 radical (unpaired) electrons. The van der Waals surface area contributed by atoms with Crippen LogP contribution in [0.5, 0.6) is 0 Å². The van der Waals surface area contributed by atoms with Crippen LogP contribution in [-0.2, 0) is 16.4 Å². The topological polar surface area (TPSA) is 82.3 Å². The van der Waals surface area contributed by atoms with Crippen molar-refractivity contribution in [1.29, 1.82) is 0 Å². The number of H-pyrrole nitrogens is 1. The Morgan fingerprint density at radius 1 is 1.10 bits per heavy atom. The lowest BCUT2D eigenvalue weighted by atomic mass is 10.1. The minimum atomic E-state index is -3.62. The summed E-state index contributed by atoms with van der Waals surface area (Å²) >= 11 is 0. The first kappa shape index (κ1) is 21.1. The molecule has 2 N–H and O–H groups in total. The molecule has 1 heterocycles. The number of nitrogens with one attached hydrogen (secondary N) is 2. The van der Waals surface area contributed by atoms with Crippen molar-refractivity contribution in [3.63, 3.8) is 0 Å². The Kier molecular flexibility index (Phi) is 6.39. The van der Waals surface area contributed by atoms with Gasteiger partial charge in [-0.25, -0.2) is 8.42 Å². The fraction of sp³-hybridized carbons (Fsp3) is 0.318. The Morgan fingerprint density at radius 3 is 2.55 bits per heavy atom. The number of aromatic amines is 1. The highest BCUT2D eigenvalue weighted by Crippen LogP contribution is 2.22. The van der Waals surface area contributed by atoms with E-state index >= 15 is 0 Å². The lowest BCUT2D eigenvalue weighted by Gasteiger charge is -2.20. The van der Waals surface area contributed by atoms with E-state index < -0.39 is 10.0 Å². The number of hydrogen-bond acceptors (Lipinski definition) is 3. The number of aromatic nitrogens is 1. The maximum Gasteiger partial charge on any atom is 0.251 e. The van der Waals surface area contributed by atoms with Gasteiger partial charge in [-0.3, -0.25) is 4.79 Å². The van der Waals surface area contributed by atoms with Gasteiger partial charge >= 0.3 is 0 Å². The van der Waals surface area contributed by atoms with Gasteiger partial charge < -0.3 is 10.3 Å². The Hall–Kier alpha value is -2.64. The zero-order valence-corrected chi connectivity index (χ0v) is 17.8. The summed E-state index contributed by atoms with van der Waals surface area (Å²) in [4.78, 5) is 16.0. The quantitative estimate of drug-likeness (QED) is 0.593. The highest BCUT2D eigenvalue weighted by molar-refractivity contribution is 7.89. The van der Waals surface area contributed by atoms with Gasteiger partial charge in [0.1, 0.15) is 0 Å². The van der Waals surface area contributed by atoms with Gasteiger partial charge in [0.25, 0.3) is 5.91 Å². The molecule has 0 saturated heterocycles. The number of carbonyl (C=O) groups excluding carboxylic acids is 1. The van der Waals surface area contributed by atoms with Crippen molar-refractivity contribution in [3.05, 3.63) is 65.4 Å². The van der Waals surface area contributed by atoms with Crippen molar-refractivity contribution in [2.45, 2.75) is 32.1 Å². The summed E-state index contributed by atoms with van der Waals surface area (Å²) in [5, 5.41) is 4.04. The molecule has 2 aromatic carbocycles. The third kappa shape index (κ3) is 4.36. The number of para-hydroxylation sites is 1. The van der Waals surface area contributed by atoms with Gasteiger partial charge in [0.15, 0.2) is 0 Å². The molecule has 3 aromatic rings. The average molecular weight is 414 g/mol. The molecule has 1 amide bonds. The van der Waals surface area contributed by atoms with Gasteiger partial charge in [0, 0.05) is 42.3 Å². The minimum Gasteiger partial charge on any atom is -0.361 e. The van der Waals surface area contributed by atoms with E-state index in [0.29, 0.717) is 37.2 Å². The maximum absolute atomic E-state index is 12.9. The second-order valence-corrected chi connectivity index (χ2v) is 8.84. The number of rotatable bonds is 8. The average Bonchev–Trinajstić information content (AvgIpc) is 3.12. The third-order valence-corrected chi connectivity index (χ3v) is 7.32. The molecule has 0 saturated carbocycles. The first-order valence-electron chi connectivity index (χ1n) is 9.82. The standard InChI is InChI=1S/C22H27N3O3S/c1-4-25(5-2)29(27,28)21-14-17(11-10-16(21)3)22(26)23-13-12-18-15-24-20-9-7-6-8-19(18)20/h6-11,14-15,24H,4-5,12-13H2,1-3H3,(H,23,26). The smallest absolute Gasteiger partial charge is 0.251 e. The third-order valence-electron chi connectivity index (χ3n) is 5.13. The molecule has 1 aromatic heterocycles. The lowest BCUT2D eigenvalue weighted by Crippen LogP contribution is -2.31. The summed E-state index contributed by atoms with van der Waals surface area (Å²) in [6.45, 7) is 6.59. The Balaban J connectivity index is 1.73. The molecule has 7 heteroatoms. The van der Waals surface area contributed by atoms with E-state index in [0.717, 1.165) is 16.5 Å². The van der Waals surface area contributed by atoms with Gasteiger partial charge in [0.05, 0.1) is 4.90 Å². The molecule has 0 aliphatic rings. The van der Waals surface area contributed by atoms with Crippen molar-refractivity contribution in [2.24, 2.45) is 0 Å². The number of benzene rings is 2. The Labute approximate surface area is 172 Å². The molecule has 0 aliphatic heterocycles. The molecular formula is C22H27N3O3S. The molecule has 3 rings (SSSR count). The summed E-state index contributed by atoms with van der Waals surface area (Å²) < 4.78 is 27.1. The largest absolute Gasteiger partial charge is 0.361 e. The normalized spacial score (nSPS) is 11.9. The molecule has 6 nitrogen and oxygen atoms in total. The summed E-state index contributed by atoms with van der Waals surface area (Å²) in [5.74, 6) is -0.277.